The van der Waals surface area contributed by atoms with Gasteiger partial charge in [0, 0.05) is 17.8 Å². The zero-order valence-electron chi connectivity index (χ0n) is 9.99. The van der Waals surface area contributed by atoms with E-state index in [9.17, 15) is 10.1 Å². The second kappa shape index (κ2) is 5.94. The van der Waals surface area contributed by atoms with Crippen LogP contribution in [0.1, 0.15) is 12.5 Å². The first-order valence-electron chi connectivity index (χ1n) is 5.09. The average Bonchev–Trinajstić information content (AvgIpc) is 2.43. The predicted octanol–water partition coefficient (Wildman–Crippen LogP) is 1.62. The van der Waals surface area contributed by atoms with Crippen molar-refractivity contribution in [1.82, 2.24) is 0 Å². The maximum atomic E-state index is 10.5. The first kappa shape index (κ1) is 13.9. The first-order chi connectivity index (χ1) is 8.99. The topological polar surface area (TPSA) is 129 Å². The van der Waals surface area contributed by atoms with Gasteiger partial charge in [0.25, 0.3) is 5.69 Å². The number of non-ortho nitro benzene ring substituents is 1. The van der Waals surface area contributed by atoms with Gasteiger partial charge in [-0.25, -0.2) is 4.99 Å². The predicted molar refractivity (Wildman–Crippen MR) is 67.7 cm³/mol. The maximum absolute atomic E-state index is 10.5. The molecule has 0 heterocycles. The number of aliphatic imine (C=N–C) groups is 1. The second-order valence-electron chi connectivity index (χ2n) is 3.49. The van der Waals surface area contributed by atoms with Crippen LogP contribution < -0.4 is 5.73 Å². The van der Waals surface area contributed by atoms with Crippen molar-refractivity contribution in [1.29, 1.82) is 10.5 Å². The lowest BCUT2D eigenvalue weighted by Gasteiger charge is -2.00. The molecule has 0 spiro atoms. The molecule has 0 bridgehead atoms. The molecular formula is C12H9N5O2. The molecule has 0 fully saturated rings. The number of hydrogen-bond acceptors (Lipinski definition) is 6. The number of rotatable bonds is 3. The monoisotopic (exact) mass is 255 g/mol. The minimum atomic E-state index is -0.509. The van der Waals surface area contributed by atoms with Gasteiger partial charge >= 0.3 is 0 Å². The van der Waals surface area contributed by atoms with E-state index in [1.807, 2.05) is 0 Å². The van der Waals surface area contributed by atoms with Gasteiger partial charge < -0.3 is 5.73 Å². The van der Waals surface area contributed by atoms with Crippen molar-refractivity contribution in [3.8, 4) is 12.1 Å². The van der Waals surface area contributed by atoms with E-state index in [2.05, 4.69) is 4.99 Å². The second-order valence-corrected chi connectivity index (χ2v) is 3.49. The summed E-state index contributed by atoms with van der Waals surface area (Å²) in [6, 6.07) is 9.03. The molecule has 1 aromatic rings. The van der Waals surface area contributed by atoms with E-state index in [0.717, 1.165) is 0 Å². The molecule has 1 aromatic carbocycles. The molecule has 0 saturated heterocycles. The Morgan fingerprint density at radius 3 is 2.32 bits per heavy atom. The number of hydrogen-bond donors (Lipinski definition) is 1. The lowest BCUT2D eigenvalue weighted by molar-refractivity contribution is -0.384. The Hall–Kier alpha value is -3.19. The number of allylic oxidation sites excluding steroid dienone is 2. The SMILES string of the molecule is CC(=NC(C#N)=C(N)C#N)c1ccc([N+](=O)[O-])cc1. The summed E-state index contributed by atoms with van der Waals surface area (Å²) in [6.45, 7) is 1.61. The molecule has 0 atom stereocenters. The molecule has 7 heteroatoms. The zero-order valence-corrected chi connectivity index (χ0v) is 9.99. The molecule has 0 aromatic heterocycles. The van der Waals surface area contributed by atoms with E-state index in [1.165, 1.54) is 24.3 Å². The lowest BCUT2D eigenvalue weighted by Crippen LogP contribution is -2.01. The van der Waals surface area contributed by atoms with Crippen LogP contribution in [0.25, 0.3) is 0 Å². The summed E-state index contributed by atoms with van der Waals surface area (Å²) >= 11 is 0. The number of nitro benzene ring substituents is 1. The third kappa shape index (κ3) is 3.38. The van der Waals surface area contributed by atoms with Gasteiger partial charge in [0.05, 0.1) is 4.92 Å². The molecule has 0 amide bonds. The largest absolute Gasteiger partial charge is 0.388 e. The minimum absolute atomic E-state index is 0.0378. The molecule has 2 N–H and O–H groups in total. The minimum Gasteiger partial charge on any atom is -0.388 e. The molecule has 0 aliphatic carbocycles. The van der Waals surface area contributed by atoms with Gasteiger partial charge in [-0.05, 0) is 24.6 Å². The fourth-order valence-corrected chi connectivity index (χ4v) is 1.26. The van der Waals surface area contributed by atoms with Crippen molar-refractivity contribution in [2.45, 2.75) is 6.92 Å². The summed E-state index contributed by atoms with van der Waals surface area (Å²) in [5.74, 6) is 0. The van der Waals surface area contributed by atoms with Crippen LogP contribution in [0.5, 0.6) is 0 Å². The summed E-state index contributed by atoms with van der Waals surface area (Å²) in [6.07, 6.45) is 0. The van der Waals surface area contributed by atoms with Crippen molar-refractivity contribution in [3.63, 3.8) is 0 Å². The standard InChI is InChI=1S/C12H9N5O2/c1-8(16-12(7-14)11(15)6-13)9-2-4-10(5-3-9)17(18)19/h2-5H,15H2,1H3. The van der Waals surface area contributed by atoms with E-state index < -0.39 is 4.92 Å². The summed E-state index contributed by atoms with van der Waals surface area (Å²) in [5.41, 5.74) is 5.86. The average molecular weight is 255 g/mol. The van der Waals surface area contributed by atoms with Crippen molar-refractivity contribution < 1.29 is 4.92 Å². The third-order valence-electron chi connectivity index (χ3n) is 2.26. The molecule has 0 unspecified atom stereocenters. The highest BCUT2D eigenvalue weighted by Gasteiger charge is 2.07. The van der Waals surface area contributed by atoms with Crippen LogP contribution in [0.15, 0.2) is 40.7 Å². The van der Waals surface area contributed by atoms with Gasteiger partial charge in [0.15, 0.2) is 5.70 Å². The van der Waals surface area contributed by atoms with Crippen LogP contribution >= 0.6 is 0 Å². The van der Waals surface area contributed by atoms with Gasteiger partial charge in [0.1, 0.15) is 17.8 Å². The van der Waals surface area contributed by atoms with Crippen LogP contribution in [0, 0.1) is 32.8 Å². The van der Waals surface area contributed by atoms with Crippen LogP contribution in [-0.2, 0) is 0 Å². The van der Waals surface area contributed by atoms with Crippen LogP contribution in [0.4, 0.5) is 5.69 Å². The number of nitriles is 2. The Kier molecular flexibility index (Phi) is 4.34. The molecule has 94 valence electrons. The Morgan fingerprint density at radius 1 is 1.32 bits per heavy atom. The first-order valence-corrected chi connectivity index (χ1v) is 5.09. The Morgan fingerprint density at radius 2 is 1.89 bits per heavy atom. The Balaban J connectivity index is 3.14. The van der Waals surface area contributed by atoms with Gasteiger partial charge in [0.2, 0.25) is 0 Å². The van der Waals surface area contributed by atoms with Crippen LogP contribution in [-0.4, -0.2) is 10.6 Å². The number of nitrogens with zero attached hydrogens (tertiary/aromatic N) is 4. The van der Waals surface area contributed by atoms with Crippen LogP contribution in [0.2, 0.25) is 0 Å². The highest BCUT2D eigenvalue weighted by molar-refractivity contribution is 5.99. The fourth-order valence-electron chi connectivity index (χ4n) is 1.26. The molecule has 0 saturated carbocycles. The summed E-state index contributed by atoms with van der Waals surface area (Å²) in [7, 11) is 0. The van der Waals surface area contributed by atoms with Crippen molar-refractivity contribution in [2.24, 2.45) is 10.7 Å². The van der Waals surface area contributed by atoms with Crippen molar-refractivity contribution in [2.75, 3.05) is 0 Å². The van der Waals surface area contributed by atoms with Crippen molar-refractivity contribution >= 4 is 11.4 Å². The molecular weight excluding hydrogens is 246 g/mol. The number of nitro groups is 1. The van der Waals surface area contributed by atoms with Crippen LogP contribution in [0.3, 0.4) is 0 Å². The van der Waals surface area contributed by atoms with Gasteiger partial charge in [-0.15, -0.1) is 0 Å². The molecule has 19 heavy (non-hydrogen) atoms. The molecule has 0 aliphatic rings. The smallest absolute Gasteiger partial charge is 0.269 e. The van der Waals surface area contributed by atoms with E-state index >= 15 is 0 Å². The third-order valence-corrected chi connectivity index (χ3v) is 2.26. The zero-order chi connectivity index (χ0) is 14.4. The van der Waals surface area contributed by atoms with Gasteiger partial charge in [-0.2, -0.15) is 10.5 Å². The Bertz CT molecular complexity index is 644. The van der Waals surface area contributed by atoms with E-state index in [-0.39, 0.29) is 17.1 Å². The highest BCUT2D eigenvalue weighted by Crippen LogP contribution is 2.13. The molecule has 0 aliphatic heterocycles. The normalized spacial score (nSPS) is 12.1. The van der Waals surface area contributed by atoms with E-state index in [0.29, 0.717) is 11.3 Å². The molecule has 1 rings (SSSR count). The number of benzene rings is 1. The highest BCUT2D eigenvalue weighted by atomic mass is 16.6. The van der Waals surface area contributed by atoms with Gasteiger partial charge in [-0.1, -0.05) is 0 Å². The fraction of sp³-hybridized carbons (Fsp3) is 0.0833. The lowest BCUT2D eigenvalue weighted by atomic mass is 10.1. The number of nitrogens with two attached hydrogens (primary N) is 1. The summed E-state index contributed by atoms with van der Waals surface area (Å²) in [4.78, 5) is 13.9. The Labute approximate surface area is 109 Å². The molecule has 7 nitrogen and oxygen atoms in total. The van der Waals surface area contributed by atoms with E-state index in [4.69, 9.17) is 16.3 Å². The maximum Gasteiger partial charge on any atom is 0.269 e. The summed E-state index contributed by atoms with van der Waals surface area (Å²) in [5, 5.41) is 27.9. The van der Waals surface area contributed by atoms with E-state index in [1.54, 1.807) is 19.1 Å². The van der Waals surface area contributed by atoms with Crippen molar-refractivity contribution in [3.05, 3.63) is 51.3 Å². The van der Waals surface area contributed by atoms with Gasteiger partial charge in [-0.3, -0.25) is 10.1 Å². The molecule has 0 radical (unpaired) electrons. The summed E-state index contributed by atoms with van der Waals surface area (Å²) < 4.78 is 0. The quantitative estimate of drug-likeness (QED) is 0.379.